The van der Waals surface area contributed by atoms with E-state index in [4.69, 9.17) is 4.74 Å². The van der Waals surface area contributed by atoms with Crippen molar-refractivity contribution in [2.75, 3.05) is 13.7 Å². The number of rotatable bonds is 5. The molecule has 3 rings (SSSR count). The molecule has 0 radical (unpaired) electrons. The number of hydrogen-bond acceptors (Lipinski definition) is 5. The first kappa shape index (κ1) is 16.5. The Kier molecular flexibility index (Phi) is 4.38. The quantitative estimate of drug-likeness (QED) is 0.456. The van der Waals surface area contributed by atoms with Crippen LogP contribution in [0, 0.1) is 0 Å². The molecule has 1 heterocycles. The number of carbonyl (C=O) groups is 1. The van der Waals surface area contributed by atoms with Crippen molar-refractivity contribution in [2.45, 2.75) is 6.42 Å². The first-order chi connectivity index (χ1) is 12.0. The van der Waals surface area contributed by atoms with Crippen molar-refractivity contribution in [3.63, 3.8) is 0 Å². The maximum Gasteiger partial charge on any atom is 0.251 e. The van der Waals surface area contributed by atoms with Crippen LogP contribution in [-0.4, -0.2) is 39.9 Å². The second-order valence-corrected chi connectivity index (χ2v) is 5.59. The van der Waals surface area contributed by atoms with E-state index in [2.05, 4.69) is 10.3 Å². The summed E-state index contributed by atoms with van der Waals surface area (Å²) in [5.74, 6) is -1.44. The molecule has 25 heavy (non-hydrogen) atoms. The van der Waals surface area contributed by atoms with Crippen molar-refractivity contribution >= 4 is 16.8 Å². The Morgan fingerprint density at radius 2 is 1.88 bits per heavy atom. The third-order valence-electron chi connectivity index (χ3n) is 3.99. The van der Waals surface area contributed by atoms with Crippen molar-refractivity contribution in [1.82, 2.24) is 10.3 Å². The number of carbonyl (C=O) groups excluding carboxylic acids is 1. The lowest BCUT2D eigenvalue weighted by Gasteiger charge is -2.07. The molecule has 2 aromatic carbocycles. The number of fused-ring (bicyclic) bond motifs is 1. The molecule has 0 saturated carbocycles. The molecule has 0 fully saturated rings. The summed E-state index contributed by atoms with van der Waals surface area (Å²) in [6.07, 6.45) is 2.48. The molecule has 1 aromatic heterocycles. The highest BCUT2D eigenvalue weighted by Gasteiger charge is 2.13. The van der Waals surface area contributed by atoms with Crippen molar-refractivity contribution in [2.24, 2.45) is 0 Å². The third-order valence-corrected chi connectivity index (χ3v) is 3.99. The van der Waals surface area contributed by atoms with Crippen molar-refractivity contribution < 1.29 is 24.9 Å². The molecule has 130 valence electrons. The largest absolute Gasteiger partial charge is 0.504 e. The molecule has 7 nitrogen and oxygen atoms in total. The molecule has 0 aliphatic heterocycles. The van der Waals surface area contributed by atoms with E-state index < -0.39 is 23.2 Å². The van der Waals surface area contributed by atoms with Gasteiger partial charge in [0.05, 0.1) is 7.11 Å². The summed E-state index contributed by atoms with van der Waals surface area (Å²) in [7, 11) is 1.61. The minimum Gasteiger partial charge on any atom is -0.504 e. The lowest BCUT2D eigenvalue weighted by Crippen LogP contribution is -2.25. The van der Waals surface area contributed by atoms with Crippen LogP contribution in [0.15, 0.2) is 36.5 Å². The zero-order valence-electron chi connectivity index (χ0n) is 13.5. The van der Waals surface area contributed by atoms with Crippen molar-refractivity contribution in [3.8, 4) is 23.0 Å². The minimum absolute atomic E-state index is 0.0633. The molecule has 0 atom stereocenters. The summed E-state index contributed by atoms with van der Waals surface area (Å²) < 4.78 is 5.23. The van der Waals surface area contributed by atoms with Crippen LogP contribution in [0.1, 0.15) is 15.9 Å². The van der Waals surface area contributed by atoms with Crippen LogP contribution in [-0.2, 0) is 6.42 Å². The van der Waals surface area contributed by atoms with Crippen molar-refractivity contribution in [3.05, 3.63) is 47.7 Å². The second-order valence-electron chi connectivity index (χ2n) is 5.59. The fraction of sp³-hybridized carbons (Fsp3) is 0.167. The predicted molar refractivity (Wildman–Crippen MR) is 92.3 cm³/mol. The fourth-order valence-electron chi connectivity index (χ4n) is 2.64. The fourth-order valence-corrected chi connectivity index (χ4v) is 2.64. The molecular formula is C18H18N2O5. The topological polar surface area (TPSA) is 115 Å². The zero-order chi connectivity index (χ0) is 18.0. The molecule has 7 heteroatoms. The number of phenols is 3. The molecule has 1 amide bonds. The molecule has 5 N–H and O–H groups in total. The van der Waals surface area contributed by atoms with Gasteiger partial charge in [-0.3, -0.25) is 4.79 Å². The normalized spacial score (nSPS) is 10.8. The Hall–Kier alpha value is -3.35. The van der Waals surface area contributed by atoms with E-state index in [-0.39, 0.29) is 5.56 Å². The van der Waals surface area contributed by atoms with E-state index in [0.29, 0.717) is 13.0 Å². The number of hydrogen-bond donors (Lipinski definition) is 5. The summed E-state index contributed by atoms with van der Waals surface area (Å²) in [6, 6.07) is 7.92. The number of nitrogens with one attached hydrogen (secondary N) is 2. The van der Waals surface area contributed by atoms with Crippen LogP contribution >= 0.6 is 0 Å². The SMILES string of the molecule is COc1ccc2[nH]cc(CCNC(=O)c3cc(O)c(O)c(O)c3)c2c1. The highest BCUT2D eigenvalue weighted by Crippen LogP contribution is 2.35. The van der Waals surface area contributed by atoms with Crippen LogP contribution in [0.4, 0.5) is 0 Å². The van der Waals surface area contributed by atoms with Crippen LogP contribution in [0.5, 0.6) is 23.0 Å². The number of aromatic nitrogens is 1. The molecule has 0 aliphatic carbocycles. The highest BCUT2D eigenvalue weighted by molar-refractivity contribution is 5.95. The summed E-state index contributed by atoms with van der Waals surface area (Å²) in [4.78, 5) is 15.3. The van der Waals surface area contributed by atoms with Gasteiger partial charge in [0.25, 0.3) is 5.91 Å². The van der Waals surface area contributed by atoms with Crippen LogP contribution in [0.3, 0.4) is 0 Å². The highest BCUT2D eigenvalue weighted by atomic mass is 16.5. The van der Waals surface area contributed by atoms with Gasteiger partial charge >= 0.3 is 0 Å². The second kappa shape index (κ2) is 6.64. The summed E-state index contributed by atoms with van der Waals surface area (Å²) in [5.41, 5.74) is 2.08. The van der Waals surface area contributed by atoms with Crippen LogP contribution in [0.25, 0.3) is 10.9 Å². The van der Waals surface area contributed by atoms with E-state index >= 15 is 0 Å². The Bertz CT molecular complexity index is 909. The van der Waals surface area contributed by atoms with E-state index in [1.54, 1.807) is 7.11 Å². The maximum absolute atomic E-state index is 12.1. The molecule has 0 unspecified atom stereocenters. The monoisotopic (exact) mass is 342 g/mol. The summed E-state index contributed by atoms with van der Waals surface area (Å²) in [5, 5.41) is 32.0. The van der Waals surface area contributed by atoms with Gasteiger partial charge in [0, 0.05) is 29.2 Å². The number of aromatic amines is 1. The lowest BCUT2D eigenvalue weighted by molar-refractivity contribution is 0.0953. The van der Waals surface area contributed by atoms with Crippen LogP contribution < -0.4 is 10.1 Å². The molecule has 3 aromatic rings. The van der Waals surface area contributed by atoms with Gasteiger partial charge < -0.3 is 30.4 Å². The van der Waals surface area contributed by atoms with Gasteiger partial charge in [-0.15, -0.1) is 0 Å². The Balaban J connectivity index is 1.68. The van der Waals surface area contributed by atoms with Gasteiger partial charge in [-0.05, 0) is 42.3 Å². The maximum atomic E-state index is 12.1. The van der Waals surface area contributed by atoms with Gasteiger partial charge in [0.15, 0.2) is 17.2 Å². The number of benzene rings is 2. The predicted octanol–water partition coefficient (Wildman–Crippen LogP) is 2.27. The molecule has 0 spiro atoms. The lowest BCUT2D eigenvalue weighted by atomic mass is 10.1. The number of H-pyrrole nitrogens is 1. The van der Waals surface area contributed by atoms with E-state index in [1.807, 2.05) is 24.4 Å². The molecule has 0 bridgehead atoms. The number of amides is 1. The third kappa shape index (κ3) is 3.30. The number of ether oxygens (including phenoxy) is 1. The van der Waals surface area contributed by atoms with Gasteiger partial charge in [-0.2, -0.15) is 0 Å². The Morgan fingerprint density at radius 1 is 1.16 bits per heavy atom. The summed E-state index contributed by atoms with van der Waals surface area (Å²) >= 11 is 0. The van der Waals surface area contributed by atoms with Gasteiger partial charge in [-0.1, -0.05) is 0 Å². The number of methoxy groups -OCH3 is 1. The smallest absolute Gasteiger partial charge is 0.251 e. The standard InChI is InChI=1S/C18H18N2O5/c1-25-12-2-3-14-13(8-12)10(9-20-14)4-5-19-18(24)11-6-15(21)17(23)16(22)7-11/h2-3,6-9,20-23H,4-5H2,1H3,(H,19,24). The number of phenolic OH excluding ortho intramolecular Hbond substituents is 3. The van der Waals surface area contributed by atoms with Gasteiger partial charge in [0.2, 0.25) is 0 Å². The Labute approximate surface area is 143 Å². The average molecular weight is 342 g/mol. The molecular weight excluding hydrogens is 324 g/mol. The van der Waals surface area contributed by atoms with Crippen LogP contribution in [0.2, 0.25) is 0 Å². The average Bonchev–Trinajstić information content (AvgIpc) is 3.01. The summed E-state index contributed by atoms with van der Waals surface area (Å²) in [6.45, 7) is 0.366. The zero-order valence-corrected chi connectivity index (χ0v) is 13.5. The Morgan fingerprint density at radius 3 is 2.56 bits per heavy atom. The molecule has 0 aliphatic rings. The number of aromatic hydroxyl groups is 3. The van der Waals surface area contributed by atoms with Gasteiger partial charge in [-0.25, -0.2) is 0 Å². The minimum atomic E-state index is -0.649. The molecule has 0 saturated heterocycles. The van der Waals surface area contributed by atoms with E-state index in [1.165, 1.54) is 0 Å². The van der Waals surface area contributed by atoms with Crippen molar-refractivity contribution in [1.29, 1.82) is 0 Å². The first-order valence-corrected chi connectivity index (χ1v) is 7.66. The van der Waals surface area contributed by atoms with E-state index in [0.717, 1.165) is 34.3 Å². The van der Waals surface area contributed by atoms with E-state index in [9.17, 15) is 20.1 Å². The van der Waals surface area contributed by atoms with Gasteiger partial charge in [0.1, 0.15) is 5.75 Å². The first-order valence-electron chi connectivity index (χ1n) is 7.66.